The van der Waals surface area contributed by atoms with Crippen molar-refractivity contribution < 1.29 is 32.9 Å². The Balaban J connectivity index is 1.11. The maximum atomic E-state index is 13.0. The van der Waals surface area contributed by atoms with Gasteiger partial charge in [0.15, 0.2) is 0 Å². The van der Waals surface area contributed by atoms with Crippen LogP contribution in [-0.2, 0) is 21.2 Å². The molecule has 5 aliphatic rings. The predicted octanol–water partition coefficient (Wildman–Crippen LogP) is 6.08. The molecule has 11 atom stereocenters. The van der Waals surface area contributed by atoms with E-state index in [-0.39, 0.29) is 52.3 Å². The first-order chi connectivity index (χ1) is 20.6. The number of hydrogen-bond donors (Lipinski definition) is 3. The number of nitrogens with one attached hydrogen (secondary N) is 1. The molecule has 8 nitrogen and oxygen atoms in total. The van der Waals surface area contributed by atoms with E-state index in [9.17, 15) is 23.4 Å². The van der Waals surface area contributed by atoms with Crippen molar-refractivity contribution >= 4 is 16.1 Å². The summed E-state index contributed by atoms with van der Waals surface area (Å²) in [5.41, 5.74) is 0.597. The van der Waals surface area contributed by atoms with E-state index in [4.69, 9.17) is 9.47 Å². The molecule has 6 rings (SSSR count). The standard InChI is InChI=1S/C35H53NO7S/c1-7-24-28-17-22(37)12-14-35(28,6)27-13-15-34(5)25(9-10-26(34)30(27)31(24)38)20(2)19-42-32(39)36-44(40,41)23-8-11-29-21(16-23)18-33(3,4)43-29/h8,11,16,20,22,24-28,30-31,37-38H,7,9-10,12-15,17-19H2,1-6H3,(H,36,39)/t20-,22-,24-,25-,26+,27+,28+,30+,31-,34-,35-/m1/s1. The molecule has 246 valence electrons. The summed E-state index contributed by atoms with van der Waals surface area (Å²) in [5.74, 6) is 2.76. The van der Waals surface area contributed by atoms with E-state index in [0.717, 1.165) is 56.9 Å². The highest BCUT2D eigenvalue weighted by Crippen LogP contribution is 2.69. The lowest BCUT2D eigenvalue weighted by Crippen LogP contribution is -2.62. The zero-order valence-corrected chi connectivity index (χ0v) is 28.2. The minimum absolute atomic E-state index is 0.0188. The molecule has 1 heterocycles. The van der Waals surface area contributed by atoms with Gasteiger partial charge in [0.2, 0.25) is 0 Å². The highest BCUT2D eigenvalue weighted by atomic mass is 32.2. The minimum Gasteiger partial charge on any atom is -0.487 e. The fraction of sp³-hybridized carbons (Fsp3) is 0.800. The molecule has 1 amide bonds. The molecule has 1 aliphatic heterocycles. The number of sulfonamides is 1. The summed E-state index contributed by atoms with van der Waals surface area (Å²) >= 11 is 0. The number of benzene rings is 1. The molecule has 0 spiro atoms. The van der Waals surface area contributed by atoms with Gasteiger partial charge in [-0.05, 0) is 135 Å². The molecule has 1 aromatic rings. The quantitative estimate of drug-likeness (QED) is 0.348. The van der Waals surface area contributed by atoms with Crippen LogP contribution in [0.25, 0.3) is 0 Å². The van der Waals surface area contributed by atoms with Crippen molar-refractivity contribution in [3.8, 4) is 5.75 Å². The molecule has 4 saturated carbocycles. The normalized spacial score (nSPS) is 41.4. The van der Waals surface area contributed by atoms with E-state index in [1.807, 2.05) is 13.8 Å². The Morgan fingerprint density at radius 1 is 1.05 bits per heavy atom. The topological polar surface area (TPSA) is 122 Å². The molecule has 0 bridgehead atoms. The zero-order chi connectivity index (χ0) is 31.8. The third-order valence-electron chi connectivity index (χ3n) is 13.2. The molecule has 0 aromatic heterocycles. The van der Waals surface area contributed by atoms with Crippen molar-refractivity contribution in [3.05, 3.63) is 23.8 Å². The number of rotatable bonds is 6. The van der Waals surface area contributed by atoms with Gasteiger partial charge >= 0.3 is 6.09 Å². The summed E-state index contributed by atoms with van der Waals surface area (Å²) in [7, 11) is -4.09. The van der Waals surface area contributed by atoms with Gasteiger partial charge in [0.1, 0.15) is 11.4 Å². The Morgan fingerprint density at radius 3 is 2.48 bits per heavy atom. The van der Waals surface area contributed by atoms with E-state index in [1.165, 1.54) is 6.07 Å². The van der Waals surface area contributed by atoms with Crippen LogP contribution in [0.5, 0.6) is 5.75 Å². The second-order valence-corrected chi connectivity index (χ2v) is 17.8. The van der Waals surface area contributed by atoms with E-state index in [1.54, 1.807) is 12.1 Å². The maximum Gasteiger partial charge on any atom is 0.421 e. The van der Waals surface area contributed by atoms with Crippen LogP contribution in [0.15, 0.2) is 23.1 Å². The summed E-state index contributed by atoms with van der Waals surface area (Å²) < 4.78 is 39.5. The number of fused-ring (bicyclic) bond motifs is 6. The van der Waals surface area contributed by atoms with Gasteiger partial charge in [-0.1, -0.05) is 34.1 Å². The number of carbonyl (C=O) groups excluding carboxylic acids is 1. The molecule has 1 aromatic carbocycles. The van der Waals surface area contributed by atoms with Gasteiger partial charge in [-0.25, -0.2) is 17.9 Å². The summed E-state index contributed by atoms with van der Waals surface area (Å²) in [4.78, 5) is 12.8. The van der Waals surface area contributed by atoms with E-state index in [2.05, 4.69) is 32.4 Å². The second-order valence-electron chi connectivity index (χ2n) is 16.1. The first kappa shape index (κ1) is 32.1. The van der Waals surface area contributed by atoms with Crippen LogP contribution >= 0.6 is 0 Å². The molecule has 0 unspecified atom stereocenters. The Morgan fingerprint density at radius 2 is 1.75 bits per heavy atom. The van der Waals surface area contributed by atoms with E-state index in [0.29, 0.717) is 35.8 Å². The third kappa shape index (κ3) is 5.26. The SMILES string of the molecule is CC[C@H]1[C@@H](O)[C@@H]2[C@H](CC[C@]3(C)[C@@H]([C@H](C)COC(=O)NS(=O)(=O)c4ccc5c(c4)CC(C)(C)O5)CC[C@@H]23)[C@@]2(C)CC[C@@H](O)C[C@@H]12. The van der Waals surface area contributed by atoms with Crippen LogP contribution in [-0.4, -0.2) is 49.1 Å². The van der Waals surface area contributed by atoms with Crippen molar-refractivity contribution in [2.45, 2.75) is 122 Å². The van der Waals surface area contributed by atoms with Crippen molar-refractivity contribution in [3.63, 3.8) is 0 Å². The molecule has 44 heavy (non-hydrogen) atoms. The fourth-order valence-electron chi connectivity index (χ4n) is 11.2. The number of hydrogen-bond acceptors (Lipinski definition) is 7. The second kappa shape index (κ2) is 11.2. The largest absolute Gasteiger partial charge is 0.487 e. The molecule has 0 saturated heterocycles. The molecular formula is C35H53NO7S. The Hall–Kier alpha value is -1.84. The van der Waals surface area contributed by atoms with Crippen LogP contribution in [0, 0.1) is 52.3 Å². The van der Waals surface area contributed by atoms with E-state index < -0.39 is 21.7 Å². The average molecular weight is 632 g/mol. The number of aliphatic hydroxyl groups is 2. The number of amides is 1. The van der Waals surface area contributed by atoms with Crippen molar-refractivity contribution in [1.82, 2.24) is 4.72 Å². The molecule has 4 aliphatic carbocycles. The summed E-state index contributed by atoms with van der Waals surface area (Å²) in [6, 6.07) is 4.66. The first-order valence-electron chi connectivity index (χ1n) is 17.0. The van der Waals surface area contributed by atoms with Crippen LogP contribution in [0.3, 0.4) is 0 Å². The highest BCUT2D eigenvalue weighted by Gasteiger charge is 2.65. The lowest BCUT2D eigenvalue weighted by molar-refractivity contribution is -0.203. The summed E-state index contributed by atoms with van der Waals surface area (Å²) in [6.07, 6.45) is 6.92. The monoisotopic (exact) mass is 631 g/mol. The number of aliphatic hydroxyl groups excluding tert-OH is 2. The maximum absolute atomic E-state index is 13.0. The van der Waals surface area contributed by atoms with Gasteiger partial charge in [-0.15, -0.1) is 0 Å². The van der Waals surface area contributed by atoms with Gasteiger partial charge < -0.3 is 19.7 Å². The van der Waals surface area contributed by atoms with Crippen molar-refractivity contribution in [1.29, 1.82) is 0 Å². The van der Waals surface area contributed by atoms with Crippen LogP contribution in [0.4, 0.5) is 4.79 Å². The van der Waals surface area contributed by atoms with Crippen molar-refractivity contribution in [2.24, 2.45) is 52.3 Å². The smallest absolute Gasteiger partial charge is 0.421 e. The molecule has 9 heteroatoms. The van der Waals surface area contributed by atoms with Crippen LogP contribution in [0.1, 0.15) is 98.5 Å². The van der Waals surface area contributed by atoms with Gasteiger partial charge in [-0.3, -0.25) is 0 Å². The summed E-state index contributed by atoms with van der Waals surface area (Å²) in [6.45, 7) is 13.2. The van der Waals surface area contributed by atoms with Crippen LogP contribution < -0.4 is 9.46 Å². The van der Waals surface area contributed by atoms with Gasteiger partial charge in [0.25, 0.3) is 10.0 Å². The van der Waals surface area contributed by atoms with Crippen LogP contribution in [0.2, 0.25) is 0 Å². The summed E-state index contributed by atoms with van der Waals surface area (Å²) in [5, 5.41) is 22.5. The Kier molecular flexibility index (Phi) is 8.14. The predicted molar refractivity (Wildman–Crippen MR) is 167 cm³/mol. The minimum atomic E-state index is -4.09. The number of carbonyl (C=O) groups is 1. The Bertz CT molecular complexity index is 1380. The van der Waals surface area contributed by atoms with Gasteiger partial charge in [-0.2, -0.15) is 0 Å². The highest BCUT2D eigenvalue weighted by molar-refractivity contribution is 7.90. The van der Waals surface area contributed by atoms with E-state index >= 15 is 0 Å². The average Bonchev–Trinajstić information content (AvgIpc) is 3.46. The molecule has 4 fully saturated rings. The molecule has 3 N–H and O–H groups in total. The fourth-order valence-corrected chi connectivity index (χ4v) is 12.1. The van der Waals surface area contributed by atoms with Crippen molar-refractivity contribution in [2.75, 3.05) is 6.61 Å². The number of ether oxygens (including phenoxy) is 2. The Labute approximate surface area is 263 Å². The third-order valence-corrected chi connectivity index (χ3v) is 14.5. The molecule has 0 radical (unpaired) electrons. The first-order valence-corrected chi connectivity index (χ1v) is 18.5. The van der Waals surface area contributed by atoms with Gasteiger partial charge in [0, 0.05) is 6.42 Å². The lowest BCUT2D eigenvalue weighted by Gasteiger charge is -2.64. The zero-order valence-electron chi connectivity index (χ0n) is 27.3. The van der Waals surface area contributed by atoms with Gasteiger partial charge in [0.05, 0.1) is 23.7 Å². The molecular weight excluding hydrogens is 578 g/mol. The lowest BCUT2D eigenvalue weighted by atomic mass is 9.41.